The Morgan fingerprint density at radius 2 is 1.54 bits per heavy atom. The molecule has 0 unspecified atom stereocenters. The molecule has 0 fully saturated rings. The van der Waals surface area contributed by atoms with E-state index in [1.807, 2.05) is 22.7 Å². The van der Waals surface area contributed by atoms with Gasteiger partial charge in [0, 0.05) is 0 Å². The molecule has 13 heavy (non-hydrogen) atoms. The van der Waals surface area contributed by atoms with Gasteiger partial charge in [0.15, 0.2) is 0 Å². The van der Waals surface area contributed by atoms with Crippen molar-refractivity contribution in [2.75, 3.05) is 11.5 Å². The maximum absolute atomic E-state index is 5.25. The summed E-state index contributed by atoms with van der Waals surface area (Å²) in [6.07, 6.45) is 0. The predicted molar refractivity (Wildman–Crippen MR) is 70.7 cm³/mol. The molecule has 0 atom stereocenters. The summed E-state index contributed by atoms with van der Waals surface area (Å²) in [5.41, 5.74) is 0. The average molecular weight is 378 g/mol. The van der Waals surface area contributed by atoms with Crippen LogP contribution < -0.4 is 7.55 Å². The summed E-state index contributed by atoms with van der Waals surface area (Å²) in [6.45, 7) is 0. The molecule has 0 aliphatic carbocycles. The van der Waals surface area contributed by atoms with Crippen LogP contribution in [-0.2, 0) is 0 Å². The van der Waals surface area contributed by atoms with Crippen LogP contribution in [0.5, 0.6) is 0 Å². The van der Waals surface area contributed by atoms with Gasteiger partial charge in [-0.05, 0) is 0 Å². The molecular formula is C7H8S4Se2. The molecule has 2 rings (SSSR count). The second-order valence-corrected chi connectivity index (χ2v) is 12.6. The topological polar surface area (TPSA) is 0 Å². The summed E-state index contributed by atoms with van der Waals surface area (Å²) >= 11 is 12.6. The summed E-state index contributed by atoms with van der Waals surface area (Å²) in [7, 11) is 0. The Kier molecular flexibility index (Phi) is 4.86. The van der Waals surface area contributed by atoms with Gasteiger partial charge in [-0.3, -0.25) is 0 Å². The van der Waals surface area contributed by atoms with Crippen molar-refractivity contribution in [1.29, 1.82) is 0 Å². The van der Waals surface area contributed by atoms with Crippen molar-refractivity contribution in [3.05, 3.63) is 3.14 Å². The zero-order valence-corrected chi connectivity index (χ0v) is 13.5. The first-order chi connectivity index (χ1) is 6.36. The summed E-state index contributed by atoms with van der Waals surface area (Å²) in [6, 6.07) is 0. The molecule has 1 aliphatic heterocycles. The maximum atomic E-state index is 5.25. The molecule has 0 aromatic carbocycles. The van der Waals surface area contributed by atoms with E-state index in [9.17, 15) is 0 Å². The molecule has 72 valence electrons. The normalized spacial score (nSPS) is 18.5. The summed E-state index contributed by atoms with van der Waals surface area (Å²) in [5, 5.41) is 2.81. The molecule has 2 heterocycles. The molecule has 0 radical (unpaired) electrons. The number of rotatable bonds is 0. The van der Waals surface area contributed by atoms with Crippen LogP contribution in [0.4, 0.5) is 0 Å². The van der Waals surface area contributed by atoms with E-state index in [2.05, 4.69) is 11.8 Å². The van der Waals surface area contributed by atoms with Crippen LogP contribution in [0.3, 0.4) is 0 Å². The molecule has 0 saturated heterocycles. The van der Waals surface area contributed by atoms with Crippen LogP contribution in [0, 0.1) is 3.14 Å². The van der Waals surface area contributed by atoms with Gasteiger partial charge in [-0.2, -0.15) is 0 Å². The molecule has 0 amide bonds. The Hall–Kier alpha value is 1.66. The van der Waals surface area contributed by atoms with Crippen LogP contribution >= 0.6 is 46.7 Å². The molecule has 0 N–H and O–H groups in total. The van der Waals surface area contributed by atoms with Gasteiger partial charge in [-0.15, -0.1) is 0 Å². The molecule has 0 nitrogen and oxygen atoms in total. The average Bonchev–Trinajstić information content (AvgIpc) is 2.46. The third-order valence-corrected chi connectivity index (χ3v) is 13.0. The van der Waals surface area contributed by atoms with E-state index in [0.717, 1.165) is 33.1 Å². The van der Waals surface area contributed by atoms with E-state index in [0.29, 0.717) is 0 Å². The van der Waals surface area contributed by atoms with Crippen LogP contribution in [0.2, 0.25) is 10.6 Å². The minimum absolute atomic E-state index is 0.729. The third-order valence-electron chi connectivity index (χ3n) is 1.44. The van der Waals surface area contributed by atoms with Crippen molar-refractivity contribution in [1.82, 2.24) is 0 Å². The predicted octanol–water partition coefficient (Wildman–Crippen LogP) is 1.78. The van der Waals surface area contributed by atoms with E-state index < -0.39 is 0 Å². The molecule has 1 aromatic rings. The van der Waals surface area contributed by atoms with Crippen molar-refractivity contribution >= 4 is 84.1 Å². The fourth-order valence-electron chi connectivity index (χ4n) is 0.921. The number of thioether (sulfide) groups is 1. The first-order valence-electron chi connectivity index (χ1n) is 3.83. The molecule has 1 aliphatic rings. The first kappa shape index (κ1) is 11.2. The van der Waals surface area contributed by atoms with Crippen molar-refractivity contribution in [3.63, 3.8) is 0 Å². The fraction of sp³-hybridized carbons (Fsp3) is 0.571. The molecule has 0 saturated carbocycles. The van der Waals surface area contributed by atoms with Crippen LogP contribution in [0.15, 0.2) is 0 Å². The van der Waals surface area contributed by atoms with E-state index in [4.69, 9.17) is 12.2 Å². The Bertz CT molecular complexity index is 301. The molecule has 0 spiro atoms. The Morgan fingerprint density at radius 3 is 2.08 bits per heavy atom. The van der Waals surface area contributed by atoms with Crippen LogP contribution in [-0.4, -0.2) is 41.4 Å². The van der Waals surface area contributed by atoms with Gasteiger partial charge in [-0.1, -0.05) is 0 Å². The van der Waals surface area contributed by atoms with E-state index in [1.54, 1.807) is 7.55 Å². The number of hydrogen-bond acceptors (Lipinski definition) is 4. The first-order valence-corrected chi connectivity index (χ1v) is 11.2. The molecule has 6 heteroatoms. The molecule has 1 aromatic heterocycles. The monoisotopic (exact) mass is 380 g/mol. The van der Waals surface area contributed by atoms with Gasteiger partial charge in [0.25, 0.3) is 0 Å². The van der Waals surface area contributed by atoms with Crippen molar-refractivity contribution < 1.29 is 0 Å². The molecular weight excluding hydrogens is 370 g/mol. The van der Waals surface area contributed by atoms with Crippen LogP contribution in [0.1, 0.15) is 0 Å². The van der Waals surface area contributed by atoms with E-state index in [-0.39, 0.29) is 0 Å². The minimum atomic E-state index is 0.729. The van der Waals surface area contributed by atoms with E-state index >= 15 is 0 Å². The van der Waals surface area contributed by atoms with Crippen molar-refractivity contribution in [3.8, 4) is 0 Å². The fourth-order valence-corrected chi connectivity index (χ4v) is 13.8. The Balaban J connectivity index is 2.21. The number of fused-ring (bicyclic) bond motifs is 1. The summed E-state index contributed by atoms with van der Waals surface area (Å²) in [5.74, 6) is 2.73. The number of hydrogen-bond donors (Lipinski definition) is 0. The molecule has 0 bridgehead atoms. The second kappa shape index (κ2) is 5.66. The third kappa shape index (κ3) is 3.32. The van der Waals surface area contributed by atoms with Gasteiger partial charge >= 0.3 is 109 Å². The van der Waals surface area contributed by atoms with Crippen molar-refractivity contribution in [2.45, 2.75) is 10.6 Å². The summed E-state index contributed by atoms with van der Waals surface area (Å²) in [4.78, 5) is 0. The quantitative estimate of drug-likeness (QED) is 0.499. The van der Waals surface area contributed by atoms with Gasteiger partial charge in [0.05, 0.1) is 0 Å². The SMILES string of the molecule is S=c1sc2c(s1)[Se]CCSCC[Se]2. The second-order valence-electron chi connectivity index (χ2n) is 2.34. The standard InChI is InChI=1S/C7H8S4Se2/c8-7-10-5-6(11-7)13-4-2-9-1-3-12-5/h1-4H2. The van der Waals surface area contributed by atoms with Crippen molar-refractivity contribution in [2.24, 2.45) is 0 Å². The zero-order valence-electron chi connectivity index (χ0n) is 6.78. The zero-order chi connectivity index (χ0) is 9.10. The van der Waals surface area contributed by atoms with Gasteiger partial charge in [-0.25, -0.2) is 0 Å². The summed E-state index contributed by atoms with van der Waals surface area (Å²) < 4.78 is 4.50. The van der Waals surface area contributed by atoms with Gasteiger partial charge < -0.3 is 0 Å². The van der Waals surface area contributed by atoms with Gasteiger partial charge in [0.1, 0.15) is 0 Å². The Labute approximate surface area is 108 Å². The van der Waals surface area contributed by atoms with Crippen LogP contribution in [0.25, 0.3) is 0 Å². The van der Waals surface area contributed by atoms with E-state index in [1.165, 1.54) is 22.1 Å². The Morgan fingerprint density at radius 1 is 1.00 bits per heavy atom. The van der Waals surface area contributed by atoms with Gasteiger partial charge in [0.2, 0.25) is 0 Å².